The molecule has 1 saturated carbocycles. The predicted molar refractivity (Wildman–Crippen MR) is 142 cm³/mol. The highest BCUT2D eigenvalue weighted by Gasteiger charge is 2.51. The van der Waals surface area contributed by atoms with Gasteiger partial charge in [0.2, 0.25) is 0 Å². The van der Waals surface area contributed by atoms with Gasteiger partial charge in [-0.25, -0.2) is 4.99 Å². The number of aryl methyl sites for hydroxylation is 1. The molecule has 2 aliphatic rings. The molecule has 0 amide bonds. The first-order valence-corrected chi connectivity index (χ1v) is 12.0. The Labute approximate surface area is 209 Å². The van der Waals surface area contributed by atoms with Gasteiger partial charge in [0, 0.05) is 60.8 Å². The van der Waals surface area contributed by atoms with Crippen LogP contribution in [0.3, 0.4) is 0 Å². The zero-order valence-corrected chi connectivity index (χ0v) is 20.3. The Morgan fingerprint density at radius 2 is 2.23 bits per heavy atom. The lowest BCUT2D eigenvalue weighted by atomic mass is 9.76. The topological polar surface area (TPSA) is 120 Å². The smallest absolute Gasteiger partial charge is 0.135 e. The second kappa shape index (κ2) is 9.20. The number of rotatable bonds is 8. The van der Waals surface area contributed by atoms with E-state index >= 15 is 0 Å². The van der Waals surface area contributed by atoms with Crippen molar-refractivity contribution in [2.24, 2.45) is 23.2 Å². The maximum atomic E-state index is 8.23. The highest BCUT2D eigenvalue weighted by Crippen LogP contribution is 2.45. The SMILES string of the molecule is C=CC12CNC1CC(N/C(=C(C=N)\C(N)=N\c1ccccc1Cl)c1cc(-c3cnn(C)c3)c[nH]1)C2. The number of H-pyrrole nitrogens is 1. The number of aromatic nitrogens is 3. The first-order chi connectivity index (χ1) is 16.9. The number of hydrogen-bond donors (Lipinski definition) is 5. The Balaban J connectivity index is 1.55. The second-order valence-corrected chi connectivity index (χ2v) is 9.65. The van der Waals surface area contributed by atoms with Gasteiger partial charge >= 0.3 is 0 Å². The van der Waals surface area contributed by atoms with E-state index in [9.17, 15) is 0 Å². The summed E-state index contributed by atoms with van der Waals surface area (Å²) in [6.07, 6.45) is 11.0. The third kappa shape index (κ3) is 4.31. The van der Waals surface area contributed by atoms with E-state index in [1.165, 1.54) is 6.21 Å². The standard InChI is InChI=1S/C26H29ClN8/c1-3-26-10-18(9-23(26)31-15-26)33-24(22-8-16(12-30-22)17-13-32-35(2)14-17)19(11-28)25(29)34-21-7-5-4-6-20(21)27/h3-8,11-14,18,23,28,30-31,33H,1,9-10,15H2,2H3,(H2,29,34)/b24-19-,28-11?. The summed E-state index contributed by atoms with van der Waals surface area (Å²) in [5, 5.41) is 20.2. The number of nitrogens with one attached hydrogen (secondary N) is 4. The lowest BCUT2D eigenvalue weighted by Crippen LogP contribution is -2.57. The molecule has 1 aliphatic heterocycles. The van der Waals surface area contributed by atoms with Crippen LogP contribution < -0.4 is 16.4 Å². The van der Waals surface area contributed by atoms with E-state index in [1.54, 1.807) is 16.8 Å². The average Bonchev–Trinajstić information content (AvgIpc) is 3.55. The number of nitrogens with two attached hydrogens (primary N) is 1. The van der Waals surface area contributed by atoms with Crippen molar-refractivity contribution in [2.75, 3.05) is 6.54 Å². The summed E-state index contributed by atoms with van der Waals surface area (Å²) in [4.78, 5) is 7.91. The molecule has 1 aromatic carbocycles. The molecule has 0 radical (unpaired) electrons. The Morgan fingerprint density at radius 1 is 1.40 bits per heavy atom. The van der Waals surface area contributed by atoms with Crippen molar-refractivity contribution in [3.63, 3.8) is 0 Å². The maximum Gasteiger partial charge on any atom is 0.135 e. The van der Waals surface area contributed by atoms with Crippen molar-refractivity contribution in [3.05, 3.63) is 77.9 Å². The van der Waals surface area contributed by atoms with Crippen LogP contribution in [0.1, 0.15) is 18.5 Å². The zero-order valence-electron chi connectivity index (χ0n) is 19.6. The summed E-state index contributed by atoms with van der Waals surface area (Å²) >= 11 is 6.31. The summed E-state index contributed by atoms with van der Waals surface area (Å²) in [6, 6.07) is 9.90. The molecular weight excluding hydrogens is 460 g/mol. The van der Waals surface area contributed by atoms with Crippen molar-refractivity contribution in [1.29, 1.82) is 5.41 Å². The van der Waals surface area contributed by atoms with Crippen LogP contribution in [-0.2, 0) is 7.05 Å². The van der Waals surface area contributed by atoms with Crippen molar-refractivity contribution in [1.82, 2.24) is 25.4 Å². The number of halogens is 1. The fraction of sp³-hybridized carbons (Fsp3) is 0.269. The molecule has 2 aromatic heterocycles. The van der Waals surface area contributed by atoms with Crippen molar-refractivity contribution in [2.45, 2.75) is 24.9 Å². The van der Waals surface area contributed by atoms with E-state index in [4.69, 9.17) is 22.7 Å². The first kappa shape index (κ1) is 23.1. The lowest BCUT2D eigenvalue weighted by Gasteiger charge is -2.43. The molecule has 3 aromatic rings. The van der Waals surface area contributed by atoms with Crippen molar-refractivity contribution >= 4 is 35.0 Å². The summed E-state index contributed by atoms with van der Waals surface area (Å²) in [7, 11) is 1.89. The Hall–Kier alpha value is -3.62. The minimum Gasteiger partial charge on any atom is -0.383 e. The van der Waals surface area contributed by atoms with Gasteiger partial charge in [-0.2, -0.15) is 5.10 Å². The maximum absolute atomic E-state index is 8.23. The second-order valence-electron chi connectivity index (χ2n) is 9.24. The van der Waals surface area contributed by atoms with Gasteiger partial charge in [0.15, 0.2) is 0 Å². The molecule has 8 nitrogen and oxygen atoms in total. The minimum absolute atomic E-state index is 0.113. The summed E-state index contributed by atoms with van der Waals surface area (Å²) < 4.78 is 1.77. The molecule has 3 atom stereocenters. The molecule has 6 N–H and O–H groups in total. The Kier molecular flexibility index (Phi) is 6.08. The fourth-order valence-corrected chi connectivity index (χ4v) is 5.24. The van der Waals surface area contributed by atoms with Gasteiger partial charge < -0.3 is 26.8 Å². The number of amidine groups is 1. The van der Waals surface area contributed by atoms with Crippen LogP contribution in [0.2, 0.25) is 5.02 Å². The molecule has 5 rings (SSSR count). The van der Waals surface area contributed by atoms with Crippen molar-refractivity contribution < 1.29 is 0 Å². The molecule has 3 unspecified atom stereocenters. The van der Waals surface area contributed by atoms with E-state index in [-0.39, 0.29) is 17.3 Å². The quantitative estimate of drug-likeness (QED) is 0.187. The number of para-hydroxylation sites is 1. The minimum atomic E-state index is 0.113. The van der Waals surface area contributed by atoms with Crippen LogP contribution in [0, 0.1) is 10.8 Å². The number of fused-ring (bicyclic) bond motifs is 1. The van der Waals surface area contributed by atoms with Gasteiger partial charge in [0.1, 0.15) is 5.84 Å². The predicted octanol–water partition coefficient (Wildman–Crippen LogP) is 4.01. The van der Waals surface area contributed by atoms with E-state index in [0.29, 0.717) is 22.3 Å². The van der Waals surface area contributed by atoms with E-state index < -0.39 is 0 Å². The van der Waals surface area contributed by atoms with Crippen LogP contribution in [0.5, 0.6) is 0 Å². The molecule has 0 spiro atoms. The summed E-state index contributed by atoms with van der Waals surface area (Å²) in [6.45, 7) is 5.02. The Morgan fingerprint density at radius 3 is 2.86 bits per heavy atom. The monoisotopic (exact) mass is 488 g/mol. The first-order valence-electron chi connectivity index (χ1n) is 11.6. The average molecular weight is 489 g/mol. The van der Waals surface area contributed by atoms with Crippen molar-refractivity contribution in [3.8, 4) is 11.1 Å². The van der Waals surface area contributed by atoms with E-state index in [1.807, 2.05) is 43.8 Å². The van der Waals surface area contributed by atoms with Crippen LogP contribution in [-0.4, -0.2) is 45.4 Å². The van der Waals surface area contributed by atoms with E-state index in [2.05, 4.69) is 38.4 Å². The summed E-state index contributed by atoms with van der Waals surface area (Å²) in [5.41, 5.74) is 11.2. The number of aromatic amines is 1. The number of aliphatic imine (C=N–C) groups is 1. The number of nitrogens with zero attached hydrogens (tertiary/aromatic N) is 3. The van der Waals surface area contributed by atoms with Gasteiger partial charge in [-0.05, 0) is 31.0 Å². The van der Waals surface area contributed by atoms with E-state index in [0.717, 1.165) is 41.9 Å². The fourth-order valence-electron chi connectivity index (χ4n) is 5.06. The third-order valence-corrected chi connectivity index (χ3v) is 7.37. The van der Waals surface area contributed by atoms with Gasteiger partial charge in [-0.3, -0.25) is 4.68 Å². The molecule has 1 aliphatic carbocycles. The van der Waals surface area contributed by atoms with Crippen LogP contribution in [0.15, 0.2) is 72.1 Å². The molecule has 0 bridgehead atoms. The van der Waals surface area contributed by atoms with Gasteiger partial charge in [0.25, 0.3) is 0 Å². The molecule has 35 heavy (non-hydrogen) atoms. The van der Waals surface area contributed by atoms with Gasteiger partial charge in [-0.15, -0.1) is 6.58 Å². The normalized spacial score (nSPS) is 24.3. The van der Waals surface area contributed by atoms with Crippen LogP contribution in [0.25, 0.3) is 16.8 Å². The largest absolute Gasteiger partial charge is 0.383 e. The highest BCUT2D eigenvalue weighted by molar-refractivity contribution is 6.33. The molecule has 1 saturated heterocycles. The molecule has 9 heteroatoms. The van der Waals surface area contributed by atoms with Gasteiger partial charge in [0.05, 0.1) is 33.9 Å². The van der Waals surface area contributed by atoms with Crippen LogP contribution >= 0.6 is 11.6 Å². The van der Waals surface area contributed by atoms with Gasteiger partial charge in [-0.1, -0.05) is 29.8 Å². The Bertz CT molecular complexity index is 1330. The molecule has 3 heterocycles. The molecule has 180 valence electrons. The molecular formula is C26H29ClN8. The summed E-state index contributed by atoms with van der Waals surface area (Å²) in [5.74, 6) is 0.214. The number of benzene rings is 1. The lowest BCUT2D eigenvalue weighted by molar-refractivity contribution is 0.178. The van der Waals surface area contributed by atoms with Crippen LogP contribution in [0.4, 0.5) is 5.69 Å². The third-order valence-electron chi connectivity index (χ3n) is 7.05. The highest BCUT2D eigenvalue weighted by atomic mass is 35.5. The number of hydrogen-bond acceptors (Lipinski definition) is 5. The molecule has 2 fully saturated rings. The zero-order chi connectivity index (χ0) is 24.6.